The van der Waals surface area contributed by atoms with E-state index in [0.29, 0.717) is 27.2 Å². The number of thiazole rings is 1. The molecule has 2 heterocycles. The monoisotopic (exact) mass is 423 g/mol. The highest BCUT2D eigenvalue weighted by atomic mass is 32.1. The fraction of sp³-hybridized carbons (Fsp3) is 0.150. The van der Waals surface area contributed by atoms with E-state index in [1.54, 1.807) is 42.5 Å². The lowest BCUT2D eigenvalue weighted by Crippen LogP contribution is -2.31. The molecule has 0 saturated heterocycles. The topological polar surface area (TPSA) is 126 Å². The Bertz CT molecular complexity index is 1400. The molecule has 0 aliphatic carbocycles. The van der Waals surface area contributed by atoms with Gasteiger partial charge in [0.2, 0.25) is 11.8 Å². The van der Waals surface area contributed by atoms with Crippen LogP contribution in [-0.4, -0.2) is 26.3 Å². The number of H-pyrrole nitrogens is 1. The van der Waals surface area contributed by atoms with Gasteiger partial charge in [-0.25, -0.2) is 9.78 Å². The summed E-state index contributed by atoms with van der Waals surface area (Å²) in [6.45, 7) is 1.53. The summed E-state index contributed by atoms with van der Waals surface area (Å²) >= 11 is 1.31. The molecule has 0 unspecified atom stereocenters. The first-order valence-electron chi connectivity index (χ1n) is 9.10. The first-order chi connectivity index (χ1) is 14.4. The van der Waals surface area contributed by atoms with Crippen LogP contribution in [0.2, 0.25) is 0 Å². The second kappa shape index (κ2) is 7.91. The van der Waals surface area contributed by atoms with Crippen LogP contribution in [0.4, 0.5) is 10.8 Å². The van der Waals surface area contributed by atoms with E-state index in [1.165, 1.54) is 22.8 Å². The van der Waals surface area contributed by atoms with Gasteiger partial charge in [-0.2, -0.15) is 0 Å². The number of aromatic amines is 1. The Morgan fingerprint density at radius 1 is 1.13 bits per heavy atom. The summed E-state index contributed by atoms with van der Waals surface area (Å²) in [5.74, 6) is -0.476. The smallest absolute Gasteiger partial charge is 0.326 e. The molecule has 0 saturated carbocycles. The molecule has 9 nitrogen and oxygen atoms in total. The molecule has 30 heavy (non-hydrogen) atoms. The number of carbonyl (C=O) groups excluding carboxylic acids is 2. The molecule has 4 aromatic rings. The van der Waals surface area contributed by atoms with Crippen molar-refractivity contribution in [2.45, 2.75) is 19.9 Å². The van der Waals surface area contributed by atoms with Crippen molar-refractivity contribution in [2.24, 2.45) is 0 Å². The van der Waals surface area contributed by atoms with Crippen LogP contribution in [0.1, 0.15) is 13.3 Å². The van der Waals surface area contributed by atoms with Crippen molar-refractivity contribution < 1.29 is 9.59 Å². The molecule has 0 fully saturated rings. The molecule has 0 bridgehead atoms. The van der Waals surface area contributed by atoms with Crippen molar-refractivity contribution in [3.05, 3.63) is 63.3 Å². The molecule has 10 heteroatoms. The largest absolute Gasteiger partial charge is 0.328 e. The van der Waals surface area contributed by atoms with E-state index >= 15 is 0 Å². The highest BCUT2D eigenvalue weighted by Crippen LogP contribution is 2.28. The fourth-order valence-corrected chi connectivity index (χ4v) is 4.06. The van der Waals surface area contributed by atoms with E-state index in [9.17, 15) is 19.2 Å². The Hall–Kier alpha value is -3.79. The Morgan fingerprint density at radius 2 is 1.93 bits per heavy atom. The van der Waals surface area contributed by atoms with Crippen molar-refractivity contribution in [2.75, 3.05) is 10.6 Å². The zero-order valence-electron chi connectivity index (χ0n) is 15.9. The highest BCUT2D eigenvalue weighted by Gasteiger charge is 2.11. The van der Waals surface area contributed by atoms with Crippen LogP contribution in [0.15, 0.2) is 52.1 Å². The van der Waals surface area contributed by atoms with E-state index in [4.69, 9.17) is 0 Å². The Kier molecular flexibility index (Phi) is 5.15. The van der Waals surface area contributed by atoms with Gasteiger partial charge in [-0.15, -0.1) is 0 Å². The standard InChI is InChI=1S/C20H17N5O4S/c1-11(26)21-19-23-14-7-6-12(10-16(14)30-19)22-17(27)8-9-25-15-5-3-2-4-13(15)18(28)24-20(25)29/h2-7,10H,8-9H2,1H3,(H,22,27)(H,21,23,26)(H,24,28,29). The Morgan fingerprint density at radius 3 is 2.73 bits per heavy atom. The van der Waals surface area contributed by atoms with Crippen LogP contribution in [0, 0.1) is 0 Å². The van der Waals surface area contributed by atoms with Crippen LogP contribution in [0.25, 0.3) is 21.1 Å². The number of carbonyl (C=O) groups is 2. The number of hydrogen-bond donors (Lipinski definition) is 3. The van der Waals surface area contributed by atoms with E-state index in [2.05, 4.69) is 20.6 Å². The maximum Gasteiger partial charge on any atom is 0.328 e. The number of nitrogens with zero attached hydrogens (tertiary/aromatic N) is 2. The van der Waals surface area contributed by atoms with E-state index in [0.717, 1.165) is 4.70 Å². The number of anilines is 2. The van der Waals surface area contributed by atoms with Crippen LogP contribution in [0.3, 0.4) is 0 Å². The molecule has 0 aliphatic heterocycles. The maximum absolute atomic E-state index is 12.4. The number of aromatic nitrogens is 3. The van der Waals surface area contributed by atoms with Crippen molar-refractivity contribution >= 4 is 55.1 Å². The van der Waals surface area contributed by atoms with E-state index < -0.39 is 11.2 Å². The van der Waals surface area contributed by atoms with Crippen molar-refractivity contribution in [3.8, 4) is 0 Å². The number of amides is 2. The molecular formula is C20H17N5O4S. The first kappa shape index (κ1) is 19.5. The molecule has 4 rings (SSSR count). The van der Waals surface area contributed by atoms with Gasteiger partial charge in [0.05, 0.1) is 21.1 Å². The summed E-state index contributed by atoms with van der Waals surface area (Å²) in [7, 11) is 0. The third-order valence-electron chi connectivity index (χ3n) is 4.42. The Labute approximate surface area is 173 Å². The number of hydrogen-bond acceptors (Lipinski definition) is 6. The second-order valence-electron chi connectivity index (χ2n) is 6.61. The molecule has 2 amide bonds. The van der Waals surface area contributed by atoms with Crippen LogP contribution in [-0.2, 0) is 16.1 Å². The van der Waals surface area contributed by atoms with E-state index in [1.807, 2.05) is 0 Å². The van der Waals surface area contributed by atoms with Crippen LogP contribution in [0.5, 0.6) is 0 Å². The van der Waals surface area contributed by atoms with Gasteiger partial charge in [-0.05, 0) is 30.3 Å². The normalized spacial score (nSPS) is 11.0. The maximum atomic E-state index is 12.4. The predicted molar refractivity (Wildman–Crippen MR) is 116 cm³/mol. The molecule has 2 aromatic heterocycles. The zero-order chi connectivity index (χ0) is 21.3. The number of fused-ring (bicyclic) bond motifs is 2. The highest BCUT2D eigenvalue weighted by molar-refractivity contribution is 7.22. The summed E-state index contributed by atoms with van der Waals surface area (Å²) in [6, 6.07) is 12.0. The lowest BCUT2D eigenvalue weighted by molar-refractivity contribution is -0.116. The van der Waals surface area contributed by atoms with Gasteiger partial charge >= 0.3 is 5.69 Å². The molecule has 152 valence electrons. The lowest BCUT2D eigenvalue weighted by atomic mass is 10.2. The van der Waals surface area contributed by atoms with Crippen molar-refractivity contribution in [1.82, 2.24) is 14.5 Å². The molecule has 2 aromatic carbocycles. The summed E-state index contributed by atoms with van der Waals surface area (Å²) < 4.78 is 2.20. The first-order valence-corrected chi connectivity index (χ1v) is 9.92. The third-order valence-corrected chi connectivity index (χ3v) is 5.36. The number of benzene rings is 2. The Balaban J connectivity index is 1.49. The molecular weight excluding hydrogens is 406 g/mol. The summed E-state index contributed by atoms with van der Waals surface area (Å²) in [5, 5.41) is 6.32. The quantitative estimate of drug-likeness (QED) is 0.454. The van der Waals surface area contributed by atoms with Crippen molar-refractivity contribution in [1.29, 1.82) is 0 Å². The fourth-order valence-electron chi connectivity index (χ4n) is 3.11. The summed E-state index contributed by atoms with van der Waals surface area (Å²) in [6.07, 6.45) is 0.0494. The summed E-state index contributed by atoms with van der Waals surface area (Å²) in [5.41, 5.74) is 0.781. The molecule has 0 atom stereocenters. The van der Waals surface area contributed by atoms with E-state index in [-0.39, 0.29) is 24.8 Å². The average molecular weight is 423 g/mol. The van der Waals surface area contributed by atoms with Crippen LogP contribution < -0.4 is 21.9 Å². The lowest BCUT2D eigenvalue weighted by Gasteiger charge is -2.10. The molecule has 0 aliphatic rings. The minimum absolute atomic E-state index is 0.0494. The van der Waals surface area contributed by atoms with Crippen molar-refractivity contribution in [3.63, 3.8) is 0 Å². The van der Waals surface area contributed by atoms with Crippen LogP contribution >= 0.6 is 11.3 Å². The van der Waals surface area contributed by atoms with Gasteiger partial charge in [-0.3, -0.25) is 23.9 Å². The second-order valence-corrected chi connectivity index (χ2v) is 7.64. The number of rotatable bonds is 5. The number of aryl methyl sites for hydroxylation is 1. The number of para-hydroxylation sites is 1. The molecule has 3 N–H and O–H groups in total. The van der Waals surface area contributed by atoms with Gasteiger partial charge in [0, 0.05) is 25.6 Å². The molecule has 0 radical (unpaired) electrons. The SMILES string of the molecule is CC(=O)Nc1nc2ccc(NC(=O)CCn3c(=O)[nH]c(=O)c4ccccc43)cc2s1. The van der Waals surface area contributed by atoms with Gasteiger partial charge < -0.3 is 10.6 Å². The molecule has 0 spiro atoms. The van der Waals surface area contributed by atoms with Gasteiger partial charge in [0.25, 0.3) is 5.56 Å². The zero-order valence-corrected chi connectivity index (χ0v) is 16.7. The minimum atomic E-state index is -0.553. The van der Waals surface area contributed by atoms with Gasteiger partial charge in [0.1, 0.15) is 0 Å². The average Bonchev–Trinajstić information content (AvgIpc) is 3.08. The van der Waals surface area contributed by atoms with Gasteiger partial charge in [0.15, 0.2) is 5.13 Å². The predicted octanol–water partition coefficient (Wildman–Crippen LogP) is 2.29. The van der Waals surface area contributed by atoms with Gasteiger partial charge in [-0.1, -0.05) is 23.5 Å². The third kappa shape index (κ3) is 3.98. The number of nitrogens with one attached hydrogen (secondary N) is 3. The minimum Gasteiger partial charge on any atom is -0.326 e. The summed E-state index contributed by atoms with van der Waals surface area (Å²) in [4.78, 5) is 54.3.